The molecule has 0 fully saturated rings. The highest BCUT2D eigenvalue weighted by Gasteiger charge is 2.04. The highest BCUT2D eigenvalue weighted by Crippen LogP contribution is 2.11. The zero-order valence-corrected chi connectivity index (χ0v) is 13.5. The molecule has 0 saturated heterocycles. The van der Waals surface area contributed by atoms with E-state index in [0.29, 0.717) is 6.04 Å². The molecule has 1 nitrogen and oxygen atoms in total. The Morgan fingerprint density at radius 3 is 2.20 bits per heavy atom. The van der Waals surface area contributed by atoms with Crippen molar-refractivity contribution < 1.29 is 0 Å². The maximum absolute atomic E-state index is 3.60. The molecular formula is C18H25NS. The third-order valence-corrected chi connectivity index (χ3v) is 4.18. The summed E-state index contributed by atoms with van der Waals surface area (Å²) in [5, 5.41) is 7.99. The van der Waals surface area contributed by atoms with Gasteiger partial charge in [-0.25, -0.2) is 0 Å². The lowest BCUT2D eigenvalue weighted by Crippen LogP contribution is -2.27. The molecular weight excluding hydrogens is 262 g/mol. The van der Waals surface area contributed by atoms with Crippen LogP contribution in [0.1, 0.15) is 37.5 Å². The molecule has 0 spiro atoms. The van der Waals surface area contributed by atoms with Gasteiger partial charge in [0, 0.05) is 12.6 Å². The van der Waals surface area contributed by atoms with Gasteiger partial charge in [-0.1, -0.05) is 38.1 Å². The predicted octanol–water partition coefficient (Wildman–Crippen LogP) is 4.67. The summed E-state index contributed by atoms with van der Waals surface area (Å²) < 4.78 is 0. The van der Waals surface area contributed by atoms with Crippen LogP contribution in [-0.4, -0.2) is 6.04 Å². The summed E-state index contributed by atoms with van der Waals surface area (Å²) in [6, 6.07) is 11.8. The standard InChI is InChI=1S/C18H25NS/c1-14(2)10-16-4-6-17(7-5-16)12-19-15(3)11-18-8-9-20-13-18/h4-9,13-15,19H,10-12H2,1-3H3. The van der Waals surface area contributed by atoms with Crippen molar-refractivity contribution in [1.82, 2.24) is 5.32 Å². The summed E-state index contributed by atoms with van der Waals surface area (Å²) in [6.45, 7) is 7.74. The summed E-state index contributed by atoms with van der Waals surface area (Å²) in [5.41, 5.74) is 4.24. The molecule has 20 heavy (non-hydrogen) atoms. The molecule has 2 heteroatoms. The first-order valence-electron chi connectivity index (χ1n) is 7.45. The van der Waals surface area contributed by atoms with Crippen molar-refractivity contribution in [3.05, 3.63) is 57.8 Å². The Balaban J connectivity index is 1.78. The molecule has 1 unspecified atom stereocenters. The Labute approximate surface area is 127 Å². The molecule has 2 aromatic rings. The number of benzene rings is 1. The molecule has 0 amide bonds. The van der Waals surface area contributed by atoms with Gasteiger partial charge < -0.3 is 5.32 Å². The van der Waals surface area contributed by atoms with E-state index in [2.05, 4.69) is 67.2 Å². The molecule has 0 aliphatic carbocycles. The van der Waals surface area contributed by atoms with Gasteiger partial charge in [-0.2, -0.15) is 11.3 Å². The van der Waals surface area contributed by atoms with Crippen LogP contribution in [0.5, 0.6) is 0 Å². The molecule has 2 rings (SSSR count). The second-order valence-corrected chi connectivity index (χ2v) is 6.81. The molecule has 1 heterocycles. The molecule has 1 aromatic carbocycles. The van der Waals surface area contributed by atoms with Gasteiger partial charge in [0.25, 0.3) is 0 Å². The van der Waals surface area contributed by atoms with E-state index in [1.807, 2.05) is 0 Å². The van der Waals surface area contributed by atoms with E-state index in [0.717, 1.165) is 18.9 Å². The smallest absolute Gasteiger partial charge is 0.0208 e. The molecule has 0 aliphatic rings. The van der Waals surface area contributed by atoms with Gasteiger partial charge in [0.2, 0.25) is 0 Å². The molecule has 0 aliphatic heterocycles. The first-order valence-corrected chi connectivity index (χ1v) is 8.40. The monoisotopic (exact) mass is 287 g/mol. The Morgan fingerprint density at radius 1 is 0.900 bits per heavy atom. The minimum atomic E-state index is 0.514. The Kier molecular flexibility index (Phi) is 5.81. The van der Waals surface area contributed by atoms with E-state index in [4.69, 9.17) is 0 Å². The normalized spacial score (nSPS) is 12.8. The summed E-state index contributed by atoms with van der Waals surface area (Å²) >= 11 is 1.77. The lowest BCUT2D eigenvalue weighted by Gasteiger charge is -2.13. The van der Waals surface area contributed by atoms with Crippen LogP contribution < -0.4 is 5.32 Å². The van der Waals surface area contributed by atoms with Crippen LogP contribution in [0.2, 0.25) is 0 Å². The number of hydrogen-bond acceptors (Lipinski definition) is 2. The zero-order valence-electron chi connectivity index (χ0n) is 12.7. The fourth-order valence-electron chi connectivity index (χ4n) is 2.39. The zero-order chi connectivity index (χ0) is 14.4. The van der Waals surface area contributed by atoms with Gasteiger partial charge in [-0.05, 0) is 59.2 Å². The quantitative estimate of drug-likeness (QED) is 0.780. The van der Waals surface area contributed by atoms with Crippen molar-refractivity contribution in [2.75, 3.05) is 0 Å². The van der Waals surface area contributed by atoms with Crippen molar-refractivity contribution in [3.8, 4) is 0 Å². The first kappa shape index (κ1) is 15.3. The van der Waals surface area contributed by atoms with Crippen LogP contribution in [0.15, 0.2) is 41.1 Å². The first-order chi connectivity index (χ1) is 9.63. The van der Waals surface area contributed by atoms with Gasteiger partial charge in [0.15, 0.2) is 0 Å². The highest BCUT2D eigenvalue weighted by molar-refractivity contribution is 7.07. The maximum atomic E-state index is 3.60. The summed E-state index contributed by atoms with van der Waals surface area (Å²) in [4.78, 5) is 0. The summed E-state index contributed by atoms with van der Waals surface area (Å²) in [6.07, 6.45) is 2.28. The van der Waals surface area contributed by atoms with Crippen LogP contribution in [0.25, 0.3) is 0 Å². The summed E-state index contributed by atoms with van der Waals surface area (Å²) in [5.74, 6) is 0.726. The highest BCUT2D eigenvalue weighted by atomic mass is 32.1. The van der Waals surface area contributed by atoms with E-state index >= 15 is 0 Å². The van der Waals surface area contributed by atoms with Gasteiger partial charge in [-0.15, -0.1) is 0 Å². The molecule has 108 valence electrons. The third kappa shape index (κ3) is 5.10. The van der Waals surface area contributed by atoms with Crippen molar-refractivity contribution in [2.24, 2.45) is 5.92 Å². The summed E-state index contributed by atoms with van der Waals surface area (Å²) in [7, 11) is 0. The van der Waals surface area contributed by atoms with Crippen molar-refractivity contribution >= 4 is 11.3 Å². The van der Waals surface area contributed by atoms with Gasteiger partial charge in [-0.3, -0.25) is 0 Å². The van der Waals surface area contributed by atoms with Crippen LogP contribution >= 0.6 is 11.3 Å². The second-order valence-electron chi connectivity index (χ2n) is 6.03. The van der Waals surface area contributed by atoms with E-state index in [1.165, 1.54) is 23.1 Å². The Hall–Kier alpha value is -1.12. The van der Waals surface area contributed by atoms with Crippen LogP contribution in [-0.2, 0) is 19.4 Å². The number of rotatable bonds is 7. The number of hydrogen-bond donors (Lipinski definition) is 1. The minimum Gasteiger partial charge on any atom is -0.310 e. The number of nitrogens with one attached hydrogen (secondary N) is 1. The molecule has 1 N–H and O–H groups in total. The second kappa shape index (κ2) is 7.61. The van der Waals surface area contributed by atoms with Gasteiger partial charge in [0.05, 0.1) is 0 Å². The maximum Gasteiger partial charge on any atom is 0.0208 e. The van der Waals surface area contributed by atoms with Gasteiger partial charge in [0.1, 0.15) is 0 Å². The lowest BCUT2D eigenvalue weighted by molar-refractivity contribution is 0.546. The molecule has 1 aromatic heterocycles. The fourth-order valence-corrected chi connectivity index (χ4v) is 3.07. The minimum absolute atomic E-state index is 0.514. The third-order valence-electron chi connectivity index (χ3n) is 3.44. The topological polar surface area (TPSA) is 12.0 Å². The van der Waals surface area contributed by atoms with E-state index in [-0.39, 0.29) is 0 Å². The SMILES string of the molecule is CC(C)Cc1ccc(CNC(C)Cc2ccsc2)cc1. The van der Waals surface area contributed by atoms with Crippen LogP contribution in [0.4, 0.5) is 0 Å². The molecule has 0 bridgehead atoms. The van der Waals surface area contributed by atoms with Gasteiger partial charge >= 0.3 is 0 Å². The molecule has 0 radical (unpaired) electrons. The predicted molar refractivity (Wildman–Crippen MR) is 89.3 cm³/mol. The van der Waals surface area contributed by atoms with Crippen LogP contribution in [0.3, 0.4) is 0 Å². The Morgan fingerprint density at radius 2 is 1.60 bits per heavy atom. The number of thiophene rings is 1. The lowest BCUT2D eigenvalue weighted by atomic mass is 10.0. The van der Waals surface area contributed by atoms with Crippen LogP contribution in [0, 0.1) is 5.92 Å². The van der Waals surface area contributed by atoms with E-state index in [9.17, 15) is 0 Å². The van der Waals surface area contributed by atoms with Crippen molar-refractivity contribution in [1.29, 1.82) is 0 Å². The van der Waals surface area contributed by atoms with E-state index in [1.54, 1.807) is 11.3 Å². The largest absolute Gasteiger partial charge is 0.310 e. The van der Waals surface area contributed by atoms with E-state index < -0.39 is 0 Å². The fraction of sp³-hybridized carbons (Fsp3) is 0.444. The van der Waals surface area contributed by atoms with Crippen molar-refractivity contribution in [3.63, 3.8) is 0 Å². The molecule has 1 atom stereocenters. The Bertz CT molecular complexity index is 485. The average molecular weight is 287 g/mol. The molecule has 0 saturated carbocycles. The average Bonchev–Trinajstić information content (AvgIpc) is 2.90. The van der Waals surface area contributed by atoms with Crippen molar-refractivity contribution in [2.45, 2.75) is 46.2 Å².